The van der Waals surface area contributed by atoms with E-state index in [2.05, 4.69) is 155 Å². The van der Waals surface area contributed by atoms with Crippen LogP contribution in [0.15, 0.2) is 146 Å². The molecule has 0 radical (unpaired) electrons. The molecule has 196 valence electrons. The standard InChI is InChI=1S/C38H28N2O/c1-3-9-30(10-4-1)39(32-18-15-27(16-19-32)28-17-22-38-29(25-28)23-24-41-38)33-20-21-37-35(26-33)34-13-7-8-14-36(34)40(37)31-11-5-2-6-12-31/h1-22,25-26H,23-24H2. The normalized spacial score (nSPS) is 12.4. The SMILES string of the molecule is c1ccc(N(c2ccc(-c3ccc4c(c3)CCO4)cc2)c2ccc3c(c2)c2ccccc2n3-c2ccccc2)cc1. The van der Waals surface area contributed by atoms with E-state index in [1.54, 1.807) is 0 Å². The van der Waals surface area contributed by atoms with Gasteiger partial charge in [-0.3, -0.25) is 0 Å². The van der Waals surface area contributed by atoms with E-state index in [9.17, 15) is 0 Å². The van der Waals surface area contributed by atoms with Crippen molar-refractivity contribution in [3.8, 4) is 22.6 Å². The smallest absolute Gasteiger partial charge is 0.122 e. The minimum atomic E-state index is 0.776. The number of para-hydroxylation sites is 3. The van der Waals surface area contributed by atoms with Crippen LogP contribution in [0.4, 0.5) is 17.1 Å². The third kappa shape index (κ3) is 4.06. The van der Waals surface area contributed by atoms with Crippen molar-refractivity contribution in [3.05, 3.63) is 151 Å². The van der Waals surface area contributed by atoms with Gasteiger partial charge in [0.1, 0.15) is 5.75 Å². The first-order valence-corrected chi connectivity index (χ1v) is 14.1. The van der Waals surface area contributed by atoms with Crippen molar-refractivity contribution in [2.24, 2.45) is 0 Å². The number of aromatic nitrogens is 1. The average molecular weight is 529 g/mol. The van der Waals surface area contributed by atoms with Crippen LogP contribution in [0, 0.1) is 0 Å². The largest absolute Gasteiger partial charge is 0.493 e. The van der Waals surface area contributed by atoms with Crippen LogP contribution >= 0.6 is 0 Å². The van der Waals surface area contributed by atoms with Crippen molar-refractivity contribution in [1.82, 2.24) is 4.57 Å². The quantitative estimate of drug-likeness (QED) is 0.221. The van der Waals surface area contributed by atoms with Crippen molar-refractivity contribution in [1.29, 1.82) is 0 Å². The van der Waals surface area contributed by atoms with E-state index in [0.29, 0.717) is 0 Å². The van der Waals surface area contributed by atoms with Gasteiger partial charge in [0.15, 0.2) is 0 Å². The van der Waals surface area contributed by atoms with Gasteiger partial charge in [-0.2, -0.15) is 0 Å². The molecule has 0 saturated heterocycles. The minimum Gasteiger partial charge on any atom is -0.493 e. The molecule has 1 aliphatic heterocycles. The summed E-state index contributed by atoms with van der Waals surface area (Å²) in [5.41, 5.74) is 10.7. The maximum absolute atomic E-state index is 5.71. The summed E-state index contributed by atoms with van der Waals surface area (Å²) in [5, 5.41) is 2.48. The van der Waals surface area contributed by atoms with E-state index in [1.807, 2.05) is 0 Å². The van der Waals surface area contributed by atoms with Crippen LogP contribution in [0.5, 0.6) is 5.75 Å². The lowest BCUT2D eigenvalue weighted by atomic mass is 10.0. The molecule has 1 aliphatic rings. The second kappa shape index (κ2) is 9.72. The lowest BCUT2D eigenvalue weighted by Crippen LogP contribution is -2.09. The fourth-order valence-corrected chi connectivity index (χ4v) is 6.15. The van der Waals surface area contributed by atoms with E-state index in [4.69, 9.17) is 4.74 Å². The first-order valence-electron chi connectivity index (χ1n) is 14.1. The molecule has 0 saturated carbocycles. The summed E-state index contributed by atoms with van der Waals surface area (Å²) in [5.74, 6) is 1.02. The number of hydrogen-bond acceptors (Lipinski definition) is 2. The third-order valence-electron chi connectivity index (χ3n) is 8.09. The molecule has 8 rings (SSSR count). The highest BCUT2D eigenvalue weighted by molar-refractivity contribution is 6.10. The summed E-state index contributed by atoms with van der Waals surface area (Å²) in [4.78, 5) is 2.34. The molecular formula is C38H28N2O. The highest BCUT2D eigenvalue weighted by atomic mass is 16.5. The first kappa shape index (κ1) is 23.6. The van der Waals surface area contributed by atoms with Gasteiger partial charge >= 0.3 is 0 Å². The van der Waals surface area contributed by atoms with Gasteiger partial charge in [0.25, 0.3) is 0 Å². The topological polar surface area (TPSA) is 17.4 Å². The van der Waals surface area contributed by atoms with Gasteiger partial charge < -0.3 is 14.2 Å². The Kier molecular flexibility index (Phi) is 5.60. The summed E-state index contributed by atoms with van der Waals surface area (Å²) < 4.78 is 8.07. The van der Waals surface area contributed by atoms with Crippen LogP contribution in [-0.4, -0.2) is 11.2 Å². The molecule has 0 bridgehead atoms. The molecule has 0 aliphatic carbocycles. The Hall–Kier alpha value is -5.28. The number of anilines is 3. The molecule has 41 heavy (non-hydrogen) atoms. The Morgan fingerprint density at radius 1 is 0.512 bits per heavy atom. The molecule has 0 fully saturated rings. The summed E-state index contributed by atoms with van der Waals surface area (Å²) in [6.45, 7) is 0.776. The second-order valence-corrected chi connectivity index (χ2v) is 10.5. The number of fused-ring (bicyclic) bond motifs is 4. The van der Waals surface area contributed by atoms with Gasteiger partial charge in [-0.05, 0) is 89.5 Å². The van der Waals surface area contributed by atoms with E-state index in [0.717, 1.165) is 35.8 Å². The molecule has 1 aromatic heterocycles. The van der Waals surface area contributed by atoms with Gasteiger partial charge in [-0.15, -0.1) is 0 Å². The Bertz CT molecular complexity index is 2010. The minimum absolute atomic E-state index is 0.776. The van der Waals surface area contributed by atoms with Gasteiger partial charge in [-0.1, -0.05) is 72.8 Å². The average Bonchev–Trinajstić information content (AvgIpc) is 3.65. The fourth-order valence-electron chi connectivity index (χ4n) is 6.15. The zero-order valence-electron chi connectivity index (χ0n) is 22.6. The van der Waals surface area contributed by atoms with E-state index in [1.165, 1.54) is 44.2 Å². The Balaban J connectivity index is 1.26. The molecule has 0 atom stereocenters. The Labute approximate surface area is 239 Å². The second-order valence-electron chi connectivity index (χ2n) is 10.5. The molecule has 0 N–H and O–H groups in total. The maximum Gasteiger partial charge on any atom is 0.122 e. The zero-order chi connectivity index (χ0) is 27.2. The molecule has 7 aromatic rings. The summed E-state index contributed by atoms with van der Waals surface area (Å²) in [6, 6.07) is 52.2. The lowest BCUT2D eigenvalue weighted by molar-refractivity contribution is 0.357. The summed E-state index contributed by atoms with van der Waals surface area (Å²) >= 11 is 0. The number of rotatable bonds is 5. The molecule has 0 unspecified atom stereocenters. The molecule has 0 spiro atoms. The van der Waals surface area contributed by atoms with Crippen LogP contribution < -0.4 is 9.64 Å². The van der Waals surface area contributed by atoms with Crippen LogP contribution in [0.2, 0.25) is 0 Å². The number of nitrogens with zero attached hydrogens (tertiary/aromatic N) is 2. The molecule has 2 heterocycles. The first-order chi connectivity index (χ1) is 20.3. The van der Waals surface area contributed by atoms with E-state index in [-0.39, 0.29) is 0 Å². The van der Waals surface area contributed by atoms with E-state index < -0.39 is 0 Å². The maximum atomic E-state index is 5.71. The summed E-state index contributed by atoms with van der Waals surface area (Å²) in [6.07, 6.45) is 0.978. The van der Waals surface area contributed by atoms with Crippen molar-refractivity contribution in [2.75, 3.05) is 11.5 Å². The number of ether oxygens (including phenoxy) is 1. The van der Waals surface area contributed by atoms with Crippen molar-refractivity contribution in [3.63, 3.8) is 0 Å². The number of hydrogen-bond donors (Lipinski definition) is 0. The highest BCUT2D eigenvalue weighted by Crippen LogP contribution is 2.40. The third-order valence-corrected chi connectivity index (χ3v) is 8.09. The van der Waals surface area contributed by atoms with Crippen LogP contribution in [0.3, 0.4) is 0 Å². The van der Waals surface area contributed by atoms with Crippen LogP contribution in [0.1, 0.15) is 5.56 Å². The van der Waals surface area contributed by atoms with Crippen molar-refractivity contribution in [2.45, 2.75) is 6.42 Å². The monoisotopic (exact) mass is 528 g/mol. The predicted molar refractivity (Wildman–Crippen MR) is 170 cm³/mol. The van der Waals surface area contributed by atoms with Crippen molar-refractivity contribution >= 4 is 38.9 Å². The molecule has 3 nitrogen and oxygen atoms in total. The molecular weight excluding hydrogens is 500 g/mol. The van der Waals surface area contributed by atoms with Crippen LogP contribution in [0.25, 0.3) is 38.6 Å². The lowest BCUT2D eigenvalue weighted by Gasteiger charge is -2.26. The zero-order valence-corrected chi connectivity index (χ0v) is 22.6. The number of benzene rings is 6. The summed E-state index contributed by atoms with van der Waals surface area (Å²) in [7, 11) is 0. The van der Waals surface area contributed by atoms with Gasteiger partial charge in [0.05, 0.1) is 17.6 Å². The van der Waals surface area contributed by atoms with Gasteiger partial charge in [-0.25, -0.2) is 0 Å². The Morgan fingerprint density at radius 3 is 2.00 bits per heavy atom. The molecule has 3 heteroatoms. The predicted octanol–water partition coefficient (Wildman–Crippen LogP) is 9.86. The van der Waals surface area contributed by atoms with Crippen LogP contribution in [-0.2, 0) is 6.42 Å². The van der Waals surface area contributed by atoms with Crippen molar-refractivity contribution < 1.29 is 4.74 Å². The Morgan fingerprint density at radius 2 is 1.17 bits per heavy atom. The van der Waals surface area contributed by atoms with Gasteiger partial charge in [0.2, 0.25) is 0 Å². The van der Waals surface area contributed by atoms with Gasteiger partial charge in [0, 0.05) is 39.9 Å². The fraction of sp³-hybridized carbons (Fsp3) is 0.0526. The highest BCUT2D eigenvalue weighted by Gasteiger charge is 2.18. The van der Waals surface area contributed by atoms with E-state index >= 15 is 0 Å². The molecule has 0 amide bonds. The molecule has 6 aromatic carbocycles.